The Bertz CT molecular complexity index is 623. The first-order valence-electron chi connectivity index (χ1n) is 7.24. The monoisotopic (exact) mass is 314 g/mol. The number of hydrogen-bond acceptors (Lipinski definition) is 4. The van der Waals surface area contributed by atoms with Crippen molar-refractivity contribution in [1.29, 1.82) is 0 Å². The van der Waals surface area contributed by atoms with Gasteiger partial charge in [-0.05, 0) is 32.3 Å². The van der Waals surface area contributed by atoms with Gasteiger partial charge < -0.3 is 4.90 Å². The summed E-state index contributed by atoms with van der Waals surface area (Å²) in [7, 11) is -3.61. The van der Waals surface area contributed by atoms with E-state index in [1.54, 1.807) is 15.6 Å². The van der Waals surface area contributed by atoms with E-state index in [1.807, 2.05) is 13.8 Å². The molecule has 1 atom stereocenters. The predicted octanol–water partition coefficient (Wildman–Crippen LogP) is 0.359. The van der Waals surface area contributed by atoms with E-state index in [4.69, 9.17) is 5.14 Å². The van der Waals surface area contributed by atoms with Gasteiger partial charge in [0.1, 0.15) is 5.69 Å². The van der Waals surface area contributed by atoms with Gasteiger partial charge >= 0.3 is 0 Å². The summed E-state index contributed by atoms with van der Waals surface area (Å²) in [5, 5.41) is 8.90. The standard InChI is InChI=1S/C13H22N4O3S/c1-3-10-8-12(17(4-2)15-10)13(18)16-7-5-6-11(9-16)21(14,19)20/h8,11H,3-7,9H2,1-2H3,(H2,14,19,20). The summed E-state index contributed by atoms with van der Waals surface area (Å²) in [5.74, 6) is -0.169. The summed E-state index contributed by atoms with van der Waals surface area (Å²) < 4.78 is 24.6. The second-order valence-corrected chi connectivity index (χ2v) is 7.14. The maximum atomic E-state index is 12.6. The number of carbonyl (C=O) groups excluding carboxylic acids is 1. The van der Waals surface area contributed by atoms with Crippen molar-refractivity contribution in [2.45, 2.75) is 44.9 Å². The number of amides is 1. The molecule has 1 aliphatic rings. The van der Waals surface area contributed by atoms with Crippen molar-refractivity contribution in [1.82, 2.24) is 14.7 Å². The van der Waals surface area contributed by atoms with Crippen molar-refractivity contribution < 1.29 is 13.2 Å². The Hall–Kier alpha value is -1.41. The summed E-state index contributed by atoms with van der Waals surface area (Å²) in [6.45, 7) is 5.23. The molecule has 2 heterocycles. The van der Waals surface area contributed by atoms with Crippen LogP contribution in [0.4, 0.5) is 0 Å². The highest BCUT2D eigenvalue weighted by Crippen LogP contribution is 2.18. The van der Waals surface area contributed by atoms with Crippen molar-refractivity contribution in [2.24, 2.45) is 5.14 Å². The van der Waals surface area contributed by atoms with E-state index in [0.29, 0.717) is 31.6 Å². The molecule has 1 unspecified atom stereocenters. The second kappa shape index (κ2) is 6.15. The lowest BCUT2D eigenvalue weighted by atomic mass is 10.1. The van der Waals surface area contributed by atoms with Crippen LogP contribution in [0.2, 0.25) is 0 Å². The van der Waals surface area contributed by atoms with E-state index < -0.39 is 15.3 Å². The topological polar surface area (TPSA) is 98.3 Å². The summed E-state index contributed by atoms with van der Waals surface area (Å²) in [6, 6.07) is 1.78. The van der Waals surface area contributed by atoms with Crippen LogP contribution in [0.3, 0.4) is 0 Å². The fraction of sp³-hybridized carbons (Fsp3) is 0.692. The van der Waals surface area contributed by atoms with Gasteiger partial charge in [0.25, 0.3) is 5.91 Å². The average molecular weight is 314 g/mol. The number of carbonyl (C=O) groups is 1. The maximum Gasteiger partial charge on any atom is 0.272 e. The van der Waals surface area contributed by atoms with Crippen molar-refractivity contribution in [3.63, 3.8) is 0 Å². The molecule has 21 heavy (non-hydrogen) atoms. The molecule has 0 aromatic carbocycles. The normalized spacial score (nSPS) is 19.8. The number of piperidine rings is 1. The van der Waals surface area contributed by atoms with Gasteiger partial charge in [-0.3, -0.25) is 9.48 Å². The zero-order chi connectivity index (χ0) is 15.6. The number of primary sulfonamides is 1. The molecule has 0 saturated carbocycles. The lowest BCUT2D eigenvalue weighted by molar-refractivity contribution is 0.0714. The van der Waals surface area contributed by atoms with Crippen LogP contribution in [-0.4, -0.2) is 47.3 Å². The van der Waals surface area contributed by atoms with E-state index in [9.17, 15) is 13.2 Å². The van der Waals surface area contributed by atoms with Crippen LogP contribution in [0.1, 0.15) is 42.9 Å². The molecule has 1 aliphatic heterocycles. The van der Waals surface area contributed by atoms with Crippen molar-refractivity contribution in [2.75, 3.05) is 13.1 Å². The van der Waals surface area contributed by atoms with Crippen LogP contribution in [0.5, 0.6) is 0 Å². The second-order valence-electron chi connectivity index (χ2n) is 5.29. The zero-order valence-electron chi connectivity index (χ0n) is 12.4. The van der Waals surface area contributed by atoms with Gasteiger partial charge in [-0.25, -0.2) is 13.6 Å². The highest BCUT2D eigenvalue weighted by atomic mass is 32.2. The van der Waals surface area contributed by atoms with Crippen molar-refractivity contribution in [3.8, 4) is 0 Å². The van der Waals surface area contributed by atoms with E-state index in [-0.39, 0.29) is 12.5 Å². The SMILES string of the molecule is CCc1cc(C(=O)N2CCCC(S(N)(=O)=O)C2)n(CC)n1. The molecule has 7 nitrogen and oxygen atoms in total. The summed E-state index contributed by atoms with van der Waals surface area (Å²) in [4.78, 5) is 14.2. The Balaban J connectivity index is 2.21. The number of rotatable bonds is 4. The van der Waals surface area contributed by atoms with Gasteiger partial charge in [-0.1, -0.05) is 6.92 Å². The quantitative estimate of drug-likeness (QED) is 0.867. The highest BCUT2D eigenvalue weighted by molar-refractivity contribution is 7.89. The molecule has 8 heteroatoms. The Morgan fingerprint density at radius 2 is 2.19 bits per heavy atom. The van der Waals surface area contributed by atoms with Gasteiger partial charge in [-0.15, -0.1) is 0 Å². The maximum absolute atomic E-state index is 12.6. The number of likely N-dealkylation sites (tertiary alicyclic amines) is 1. The van der Waals surface area contributed by atoms with E-state index in [2.05, 4.69) is 5.10 Å². The molecule has 1 aromatic rings. The fourth-order valence-electron chi connectivity index (χ4n) is 2.61. The van der Waals surface area contributed by atoms with Crippen LogP contribution in [0.25, 0.3) is 0 Å². The largest absolute Gasteiger partial charge is 0.336 e. The smallest absolute Gasteiger partial charge is 0.272 e. The highest BCUT2D eigenvalue weighted by Gasteiger charge is 2.32. The first-order chi connectivity index (χ1) is 9.86. The Kier molecular flexibility index (Phi) is 4.67. The van der Waals surface area contributed by atoms with Crippen LogP contribution >= 0.6 is 0 Å². The lowest BCUT2D eigenvalue weighted by Gasteiger charge is -2.31. The Morgan fingerprint density at radius 1 is 1.48 bits per heavy atom. The summed E-state index contributed by atoms with van der Waals surface area (Å²) >= 11 is 0. The molecule has 0 aliphatic carbocycles. The third-order valence-corrected chi connectivity index (χ3v) is 5.16. The summed E-state index contributed by atoms with van der Waals surface area (Å²) in [6.07, 6.45) is 1.91. The molecule has 2 rings (SSSR count). The molecule has 1 amide bonds. The summed E-state index contributed by atoms with van der Waals surface area (Å²) in [5.41, 5.74) is 1.38. The fourth-order valence-corrected chi connectivity index (χ4v) is 3.49. The molecule has 1 saturated heterocycles. The van der Waals surface area contributed by atoms with Crippen molar-refractivity contribution in [3.05, 3.63) is 17.5 Å². The zero-order valence-corrected chi connectivity index (χ0v) is 13.3. The van der Waals surface area contributed by atoms with Crippen LogP contribution in [0.15, 0.2) is 6.07 Å². The predicted molar refractivity (Wildman–Crippen MR) is 79.3 cm³/mol. The Morgan fingerprint density at radius 3 is 2.76 bits per heavy atom. The first-order valence-corrected chi connectivity index (χ1v) is 8.85. The van der Waals surface area contributed by atoms with E-state index in [1.165, 1.54) is 0 Å². The molecule has 2 N–H and O–H groups in total. The number of aromatic nitrogens is 2. The third-order valence-electron chi connectivity index (χ3n) is 3.84. The number of sulfonamides is 1. The lowest BCUT2D eigenvalue weighted by Crippen LogP contribution is -2.47. The Labute approximate surface area is 125 Å². The van der Waals surface area contributed by atoms with Gasteiger partial charge in [-0.2, -0.15) is 5.10 Å². The van der Waals surface area contributed by atoms with Gasteiger partial charge in [0, 0.05) is 19.6 Å². The van der Waals surface area contributed by atoms with Crippen LogP contribution in [0, 0.1) is 0 Å². The first kappa shape index (κ1) is 16.0. The van der Waals surface area contributed by atoms with E-state index in [0.717, 1.165) is 12.1 Å². The molecule has 0 bridgehead atoms. The number of nitrogens with zero attached hydrogens (tertiary/aromatic N) is 3. The molecule has 0 radical (unpaired) electrons. The molecule has 0 spiro atoms. The molecular weight excluding hydrogens is 292 g/mol. The van der Waals surface area contributed by atoms with Gasteiger partial charge in [0.05, 0.1) is 10.9 Å². The minimum absolute atomic E-state index is 0.161. The van der Waals surface area contributed by atoms with Gasteiger partial charge in [0.2, 0.25) is 10.0 Å². The minimum atomic E-state index is -3.61. The molecule has 118 valence electrons. The molecule has 1 fully saturated rings. The number of hydrogen-bond donors (Lipinski definition) is 1. The molecule has 1 aromatic heterocycles. The minimum Gasteiger partial charge on any atom is -0.336 e. The third kappa shape index (κ3) is 3.44. The van der Waals surface area contributed by atoms with Gasteiger partial charge in [0.15, 0.2) is 0 Å². The number of nitrogens with two attached hydrogens (primary N) is 1. The molecular formula is C13H22N4O3S. The van der Waals surface area contributed by atoms with E-state index >= 15 is 0 Å². The number of aryl methyl sites for hydroxylation is 2. The van der Waals surface area contributed by atoms with Crippen molar-refractivity contribution >= 4 is 15.9 Å². The van der Waals surface area contributed by atoms with Crippen LogP contribution in [-0.2, 0) is 23.0 Å². The average Bonchev–Trinajstić information content (AvgIpc) is 2.89. The van der Waals surface area contributed by atoms with Crippen LogP contribution < -0.4 is 5.14 Å².